The van der Waals surface area contributed by atoms with Crippen molar-refractivity contribution < 1.29 is 18.0 Å². The number of halogens is 4. The topological polar surface area (TPSA) is 52.9 Å². The van der Waals surface area contributed by atoms with Gasteiger partial charge in [-0.05, 0) is 42.3 Å². The van der Waals surface area contributed by atoms with Crippen LogP contribution in [-0.4, -0.2) is 5.91 Å². The van der Waals surface area contributed by atoms with Gasteiger partial charge in [0.2, 0.25) is 0 Å². The van der Waals surface area contributed by atoms with Crippen molar-refractivity contribution in [3.05, 3.63) is 75.8 Å². The van der Waals surface area contributed by atoms with E-state index >= 15 is 0 Å². The molecule has 0 unspecified atom stereocenters. The molecule has 7 heteroatoms. The van der Waals surface area contributed by atoms with E-state index in [9.17, 15) is 23.2 Å². The lowest BCUT2D eigenvalue weighted by atomic mass is 10.1. The number of hydrogen-bond donors (Lipinski definition) is 1. The van der Waals surface area contributed by atoms with Crippen LogP contribution in [0.4, 0.5) is 13.2 Å². The van der Waals surface area contributed by atoms with Crippen LogP contribution in [0.3, 0.4) is 0 Å². The fourth-order valence-electron chi connectivity index (χ4n) is 2.27. The quantitative estimate of drug-likeness (QED) is 0.591. The molecule has 0 radical (unpaired) electrons. The molecule has 0 heterocycles. The first-order valence-electron chi connectivity index (χ1n) is 7.56. The summed E-state index contributed by atoms with van der Waals surface area (Å²) in [5.74, 6) is -0.683. The summed E-state index contributed by atoms with van der Waals surface area (Å²) in [7, 11) is 0. The Balaban J connectivity index is 2.26. The molecule has 1 amide bonds. The van der Waals surface area contributed by atoms with Gasteiger partial charge in [0.05, 0.1) is 11.6 Å². The van der Waals surface area contributed by atoms with Gasteiger partial charge in [0.1, 0.15) is 11.6 Å². The summed E-state index contributed by atoms with van der Waals surface area (Å²) in [6.07, 6.45) is -3.50. The number of nitrogens with zero attached hydrogens (tertiary/aromatic N) is 1. The first-order valence-corrected chi connectivity index (χ1v) is 7.94. The number of nitriles is 1. The fourth-order valence-corrected chi connectivity index (χ4v) is 2.52. The molecule has 0 aliphatic heterocycles. The molecular weight excluding hydrogens is 365 g/mol. The Labute approximate surface area is 153 Å². The SMILES string of the molecule is C[C@H](NC(=O)/C(C#N)=C/c1cc(Cl)cc(C(F)(F)F)c1)c1ccccc1. The normalized spacial score (nSPS) is 13.0. The van der Waals surface area contributed by atoms with Gasteiger partial charge in [-0.25, -0.2) is 0 Å². The molecule has 0 fully saturated rings. The third-order valence-electron chi connectivity index (χ3n) is 3.57. The Morgan fingerprint density at radius 1 is 1.23 bits per heavy atom. The summed E-state index contributed by atoms with van der Waals surface area (Å²) in [6, 6.07) is 13.3. The average Bonchev–Trinajstić information content (AvgIpc) is 2.59. The van der Waals surface area contributed by atoms with E-state index in [1.54, 1.807) is 13.0 Å². The summed E-state index contributed by atoms with van der Waals surface area (Å²) in [5.41, 5.74) is -0.418. The zero-order chi connectivity index (χ0) is 19.3. The molecule has 0 bridgehead atoms. The van der Waals surface area contributed by atoms with Crippen LogP contribution < -0.4 is 5.32 Å². The Hall–Kier alpha value is -2.78. The number of carbonyl (C=O) groups excluding carboxylic acids is 1. The monoisotopic (exact) mass is 378 g/mol. The maximum atomic E-state index is 12.9. The lowest BCUT2D eigenvalue weighted by Gasteiger charge is -2.14. The number of rotatable bonds is 4. The summed E-state index contributed by atoms with van der Waals surface area (Å²) < 4.78 is 38.6. The van der Waals surface area contributed by atoms with Gasteiger partial charge in [0.15, 0.2) is 0 Å². The summed E-state index contributed by atoms with van der Waals surface area (Å²) in [5, 5.41) is 11.7. The van der Waals surface area contributed by atoms with Crippen LogP contribution >= 0.6 is 11.6 Å². The van der Waals surface area contributed by atoms with Crippen LogP contribution in [0.25, 0.3) is 6.08 Å². The second kappa shape index (κ2) is 8.07. The van der Waals surface area contributed by atoms with Gasteiger partial charge in [-0.2, -0.15) is 18.4 Å². The van der Waals surface area contributed by atoms with Gasteiger partial charge >= 0.3 is 6.18 Å². The van der Waals surface area contributed by atoms with E-state index in [1.165, 1.54) is 6.07 Å². The van der Waals surface area contributed by atoms with Gasteiger partial charge in [-0.1, -0.05) is 41.9 Å². The van der Waals surface area contributed by atoms with E-state index < -0.39 is 17.6 Å². The highest BCUT2D eigenvalue weighted by molar-refractivity contribution is 6.30. The Kier molecular flexibility index (Phi) is 6.06. The molecule has 2 aromatic rings. The molecule has 26 heavy (non-hydrogen) atoms. The predicted octanol–water partition coefficient (Wildman–Crippen LogP) is 5.14. The minimum atomic E-state index is -4.58. The number of alkyl halides is 3. The van der Waals surface area contributed by atoms with Crippen molar-refractivity contribution in [2.45, 2.75) is 19.1 Å². The predicted molar refractivity (Wildman–Crippen MR) is 93.0 cm³/mol. The van der Waals surface area contributed by atoms with Crippen LogP contribution in [0, 0.1) is 11.3 Å². The molecule has 1 atom stereocenters. The van der Waals surface area contributed by atoms with E-state index in [0.29, 0.717) is 0 Å². The van der Waals surface area contributed by atoms with Gasteiger partial charge in [0, 0.05) is 5.02 Å². The standard InChI is InChI=1S/C19H14ClF3N2O/c1-12(14-5-3-2-4-6-14)25-18(26)15(11-24)7-13-8-16(19(21,22)23)10-17(20)9-13/h2-10,12H,1H3,(H,25,26)/b15-7+/t12-/m0/s1. The van der Waals surface area contributed by atoms with E-state index in [1.807, 2.05) is 30.3 Å². The minimum Gasteiger partial charge on any atom is -0.345 e. The summed E-state index contributed by atoms with van der Waals surface area (Å²) in [6.45, 7) is 1.74. The zero-order valence-electron chi connectivity index (χ0n) is 13.6. The highest BCUT2D eigenvalue weighted by atomic mass is 35.5. The molecule has 0 aromatic heterocycles. The Bertz CT molecular complexity index is 871. The number of benzene rings is 2. The first-order chi connectivity index (χ1) is 12.2. The minimum absolute atomic E-state index is 0.0175. The van der Waals surface area contributed by atoms with Gasteiger partial charge in [-0.3, -0.25) is 4.79 Å². The van der Waals surface area contributed by atoms with E-state index in [4.69, 9.17) is 11.6 Å². The first kappa shape index (κ1) is 19.5. The van der Waals surface area contributed by atoms with Crippen molar-refractivity contribution in [1.82, 2.24) is 5.32 Å². The van der Waals surface area contributed by atoms with E-state index in [2.05, 4.69) is 5.32 Å². The number of carbonyl (C=O) groups is 1. The van der Waals surface area contributed by atoms with Crippen molar-refractivity contribution in [3.63, 3.8) is 0 Å². The van der Waals surface area contributed by atoms with Crippen LogP contribution in [0.5, 0.6) is 0 Å². The fraction of sp³-hybridized carbons (Fsp3) is 0.158. The van der Waals surface area contributed by atoms with Gasteiger partial charge in [0.25, 0.3) is 5.91 Å². The second-order valence-electron chi connectivity index (χ2n) is 5.55. The van der Waals surface area contributed by atoms with Crippen LogP contribution in [0.1, 0.15) is 29.7 Å². The van der Waals surface area contributed by atoms with Gasteiger partial charge in [-0.15, -0.1) is 0 Å². The molecule has 2 aromatic carbocycles. The van der Waals surface area contributed by atoms with E-state index in [-0.39, 0.29) is 22.2 Å². The van der Waals surface area contributed by atoms with Crippen LogP contribution in [0.2, 0.25) is 5.02 Å². The molecule has 0 saturated carbocycles. The van der Waals surface area contributed by atoms with Crippen molar-refractivity contribution in [2.75, 3.05) is 0 Å². The third kappa shape index (κ3) is 5.11. The highest BCUT2D eigenvalue weighted by Gasteiger charge is 2.31. The number of nitrogens with one attached hydrogen (secondary N) is 1. The molecule has 1 N–H and O–H groups in total. The number of amides is 1. The van der Waals surface area contributed by atoms with E-state index in [0.717, 1.165) is 23.8 Å². The molecule has 2 rings (SSSR count). The summed E-state index contributed by atoms with van der Waals surface area (Å²) in [4.78, 5) is 12.3. The lowest BCUT2D eigenvalue weighted by Crippen LogP contribution is -2.27. The maximum Gasteiger partial charge on any atom is 0.416 e. The Morgan fingerprint density at radius 2 is 1.88 bits per heavy atom. The largest absolute Gasteiger partial charge is 0.416 e. The third-order valence-corrected chi connectivity index (χ3v) is 3.79. The molecule has 0 saturated heterocycles. The molecule has 0 aliphatic carbocycles. The van der Waals surface area contributed by atoms with Crippen LogP contribution in [0.15, 0.2) is 54.1 Å². The lowest BCUT2D eigenvalue weighted by molar-refractivity contribution is -0.137. The average molecular weight is 379 g/mol. The van der Waals surface area contributed by atoms with Crippen molar-refractivity contribution >= 4 is 23.6 Å². The highest BCUT2D eigenvalue weighted by Crippen LogP contribution is 2.32. The van der Waals surface area contributed by atoms with Crippen LogP contribution in [-0.2, 0) is 11.0 Å². The molecule has 3 nitrogen and oxygen atoms in total. The maximum absolute atomic E-state index is 12.9. The Morgan fingerprint density at radius 3 is 2.46 bits per heavy atom. The second-order valence-corrected chi connectivity index (χ2v) is 5.98. The smallest absolute Gasteiger partial charge is 0.345 e. The number of hydrogen-bond acceptors (Lipinski definition) is 2. The van der Waals surface area contributed by atoms with Crippen molar-refractivity contribution in [2.24, 2.45) is 0 Å². The molecular formula is C19H14ClF3N2O. The van der Waals surface area contributed by atoms with Crippen molar-refractivity contribution in [3.8, 4) is 6.07 Å². The molecule has 134 valence electrons. The molecule has 0 aliphatic rings. The zero-order valence-corrected chi connectivity index (χ0v) is 14.4. The van der Waals surface area contributed by atoms with Gasteiger partial charge < -0.3 is 5.32 Å². The molecule has 0 spiro atoms. The summed E-state index contributed by atoms with van der Waals surface area (Å²) >= 11 is 5.71. The van der Waals surface area contributed by atoms with Crippen molar-refractivity contribution in [1.29, 1.82) is 5.26 Å².